The van der Waals surface area contributed by atoms with Crippen molar-refractivity contribution in [2.24, 2.45) is 0 Å². The summed E-state index contributed by atoms with van der Waals surface area (Å²) in [6, 6.07) is 0. The van der Waals surface area contributed by atoms with Gasteiger partial charge in [0.15, 0.2) is 34.7 Å². The van der Waals surface area contributed by atoms with Crippen LogP contribution in [0.15, 0.2) is 0 Å². The van der Waals surface area contributed by atoms with Crippen LogP contribution in [0.3, 0.4) is 0 Å². The van der Waals surface area contributed by atoms with Gasteiger partial charge in [0.1, 0.15) is 0 Å². The molecule has 0 spiro atoms. The fraction of sp³-hybridized carbons (Fsp3) is 0. The molecule has 18 heavy (non-hydrogen) atoms. The van der Waals surface area contributed by atoms with Gasteiger partial charge in [-0.15, -0.1) is 0 Å². The standard InChI is InChI=1S/2Al.Ca.3H2O4S.8H/c;;;3*1-5(2,3)4;;;;;;;;/h;;;3*(H2,1,2,3,4);;;;;;;;. The second-order valence-corrected chi connectivity index (χ2v) is 4.03. The van der Waals surface area contributed by atoms with E-state index in [9.17, 15) is 0 Å². The summed E-state index contributed by atoms with van der Waals surface area (Å²) in [5.74, 6) is 0. The van der Waals surface area contributed by atoms with Gasteiger partial charge in [-0.05, 0) is 0 Å². The molecule has 0 atom stereocenters. The van der Waals surface area contributed by atoms with E-state index in [1.165, 1.54) is 0 Å². The SMILES string of the molecule is O=S(=O)(O)O.O=S(=O)(O)O.O=S(=O)(O)O.[AlH3].[AlH3].[CaH2]. The number of rotatable bonds is 0. The van der Waals surface area contributed by atoms with Crippen molar-refractivity contribution in [2.45, 2.75) is 0 Å². The van der Waals surface area contributed by atoms with Crippen molar-refractivity contribution in [3.63, 3.8) is 0 Å². The fourth-order valence-electron chi connectivity index (χ4n) is 0. The first-order valence-electron chi connectivity index (χ1n) is 2.10. The van der Waals surface area contributed by atoms with Gasteiger partial charge in [-0.25, -0.2) is 0 Å². The normalized spacial score (nSPS) is 9.67. The molecule has 0 saturated carbocycles. The van der Waals surface area contributed by atoms with E-state index in [4.69, 9.17) is 52.6 Å². The minimum absolute atomic E-state index is 0. The third kappa shape index (κ3) is 1370. The van der Waals surface area contributed by atoms with Crippen LogP contribution in [0.2, 0.25) is 0 Å². The Morgan fingerprint density at radius 1 is 0.444 bits per heavy atom. The molecule has 0 fully saturated rings. The Hall–Kier alpha value is 1.93. The van der Waals surface area contributed by atoms with E-state index in [-0.39, 0.29) is 72.5 Å². The maximum atomic E-state index is 8.74. The Morgan fingerprint density at radius 2 is 0.444 bits per heavy atom. The van der Waals surface area contributed by atoms with Gasteiger partial charge < -0.3 is 0 Å². The van der Waals surface area contributed by atoms with Crippen LogP contribution in [0.25, 0.3) is 0 Å². The van der Waals surface area contributed by atoms with E-state index >= 15 is 0 Å². The predicted octanol–water partition coefficient (Wildman–Crippen LogP) is -5.24. The summed E-state index contributed by atoms with van der Waals surface area (Å²) in [7, 11) is -14.0. The average Bonchev–Trinajstić information content (AvgIpc) is 1.41. The van der Waals surface area contributed by atoms with Crippen molar-refractivity contribution in [1.29, 1.82) is 0 Å². The second-order valence-electron chi connectivity index (χ2n) is 1.34. The molecule has 0 aromatic rings. The third-order valence-corrected chi connectivity index (χ3v) is 0. The molecule has 0 radical (unpaired) electrons. The molecule has 0 unspecified atom stereocenters. The summed E-state index contributed by atoms with van der Waals surface area (Å²) in [6.45, 7) is 0. The molecule has 0 bridgehead atoms. The molecule has 112 valence electrons. The molecular weight excluding hydrogens is 382 g/mol. The van der Waals surface area contributed by atoms with Crippen molar-refractivity contribution >= 4 is 104 Å². The van der Waals surface area contributed by atoms with Crippen molar-refractivity contribution in [1.82, 2.24) is 0 Å². The summed E-state index contributed by atoms with van der Waals surface area (Å²) < 4.78 is 94.8. The molecule has 0 aliphatic heterocycles. The number of hydrogen-bond donors (Lipinski definition) is 6. The third-order valence-electron chi connectivity index (χ3n) is 0. The summed E-state index contributed by atoms with van der Waals surface area (Å²) >= 11 is 0. The number of hydrogen-bond acceptors (Lipinski definition) is 6. The van der Waals surface area contributed by atoms with Crippen LogP contribution in [0.1, 0.15) is 0 Å². The summed E-state index contributed by atoms with van der Waals surface area (Å²) in [4.78, 5) is 0. The molecule has 12 nitrogen and oxygen atoms in total. The molecule has 6 N–H and O–H groups in total. The summed E-state index contributed by atoms with van der Waals surface area (Å²) in [5.41, 5.74) is 0. The van der Waals surface area contributed by atoms with E-state index in [0.29, 0.717) is 0 Å². The molecule has 0 saturated heterocycles. The van der Waals surface area contributed by atoms with E-state index < -0.39 is 31.2 Å². The molecule has 0 rings (SSSR count). The van der Waals surface area contributed by atoms with Gasteiger partial charge in [-0.3, -0.25) is 27.3 Å². The van der Waals surface area contributed by atoms with Crippen LogP contribution in [-0.4, -0.2) is 125 Å². The van der Waals surface area contributed by atoms with Crippen LogP contribution in [0, 0.1) is 0 Å². The second kappa shape index (κ2) is 15.3. The quantitative estimate of drug-likeness (QED) is 0.167. The molecule has 0 aliphatic rings. The Bertz CT molecular complexity index is 346. The van der Waals surface area contributed by atoms with Crippen LogP contribution in [-0.2, 0) is 31.2 Å². The Kier molecular flexibility index (Phi) is 31.3. The van der Waals surface area contributed by atoms with E-state index in [2.05, 4.69) is 0 Å². The van der Waals surface area contributed by atoms with Gasteiger partial charge in [0.2, 0.25) is 0 Å². The first-order chi connectivity index (χ1) is 6.00. The fourth-order valence-corrected chi connectivity index (χ4v) is 0. The van der Waals surface area contributed by atoms with Crippen molar-refractivity contribution in [3.8, 4) is 0 Å². The summed E-state index contributed by atoms with van der Waals surface area (Å²) in [5, 5.41) is 0. The molecular formula is H14Al2CaO12S3. The zero-order valence-electron chi connectivity index (χ0n) is 6.36. The van der Waals surface area contributed by atoms with Crippen LogP contribution in [0.5, 0.6) is 0 Å². The van der Waals surface area contributed by atoms with Crippen molar-refractivity contribution in [3.05, 3.63) is 0 Å². The van der Waals surface area contributed by atoms with Crippen LogP contribution < -0.4 is 0 Å². The van der Waals surface area contributed by atoms with E-state index in [1.807, 2.05) is 0 Å². The monoisotopic (exact) mass is 396 g/mol. The Morgan fingerprint density at radius 3 is 0.444 bits per heavy atom. The van der Waals surface area contributed by atoms with Gasteiger partial charge >= 0.3 is 68.9 Å². The molecule has 0 aromatic heterocycles. The van der Waals surface area contributed by atoms with Gasteiger partial charge in [-0.2, -0.15) is 25.3 Å². The van der Waals surface area contributed by atoms with Gasteiger partial charge in [-0.1, -0.05) is 0 Å². The van der Waals surface area contributed by atoms with Gasteiger partial charge in [0, 0.05) is 0 Å². The molecule has 18 heteroatoms. The van der Waals surface area contributed by atoms with Crippen LogP contribution in [0.4, 0.5) is 0 Å². The van der Waals surface area contributed by atoms with Crippen molar-refractivity contribution in [2.75, 3.05) is 0 Å². The molecule has 0 heterocycles. The first kappa shape index (κ1) is 36.8. The molecule has 0 amide bonds. The van der Waals surface area contributed by atoms with E-state index in [0.717, 1.165) is 0 Å². The predicted molar refractivity (Wildman–Crippen MR) is 71.0 cm³/mol. The average molecular weight is 396 g/mol. The molecule has 0 aliphatic carbocycles. The minimum atomic E-state index is -4.67. The topological polar surface area (TPSA) is 224 Å². The van der Waals surface area contributed by atoms with Gasteiger partial charge in [0.05, 0.1) is 0 Å². The Labute approximate surface area is 154 Å². The zero-order chi connectivity index (χ0) is 13.5. The summed E-state index contributed by atoms with van der Waals surface area (Å²) in [6.07, 6.45) is 0. The van der Waals surface area contributed by atoms with Gasteiger partial charge in [0.25, 0.3) is 0 Å². The van der Waals surface area contributed by atoms with Crippen molar-refractivity contribution < 1.29 is 52.6 Å². The molecule has 0 aromatic carbocycles. The van der Waals surface area contributed by atoms with E-state index in [1.54, 1.807) is 0 Å². The maximum absolute atomic E-state index is 8.74. The zero-order valence-corrected chi connectivity index (χ0v) is 8.81. The van der Waals surface area contributed by atoms with Crippen LogP contribution >= 0.6 is 0 Å². The first-order valence-corrected chi connectivity index (χ1v) is 6.29. The Balaban J connectivity index is -0.0000000277.